The minimum atomic E-state index is -0.342. The molecule has 0 aliphatic carbocycles. The van der Waals surface area contributed by atoms with Crippen LogP contribution in [0.1, 0.15) is 36.8 Å². The maximum absolute atomic E-state index is 13.1. The number of ether oxygens (including phenoxy) is 1. The number of amides is 2. The van der Waals surface area contributed by atoms with Crippen molar-refractivity contribution in [2.45, 2.75) is 25.7 Å². The number of nitrogens with zero attached hydrogens (tertiary/aromatic N) is 4. The number of hydrazone groups is 2. The SMILES string of the molecule is O=C(CN(CCCCOCCCCN(CC(=O)N/N=C\c1cc(Br)c(O)c(Br)c1O)c1ccc2ccccc2c1)c1ccc2ccccc2c1)N/N=C\c1cc(Br)c(O)c(Br)c1O. The molecular weight excluding hydrogens is 1070 g/mol. The van der Waals surface area contributed by atoms with Gasteiger partial charge in [-0.05, 0) is 147 Å². The molecule has 0 unspecified atom stereocenters. The van der Waals surface area contributed by atoms with Gasteiger partial charge in [-0.25, -0.2) is 10.9 Å². The number of nitrogens with one attached hydrogen (secondary N) is 2. The predicted octanol–water partition coefficient (Wildman–Crippen LogP) is 10.1. The predicted molar refractivity (Wildman–Crippen MR) is 263 cm³/mol. The molecule has 0 aromatic heterocycles. The van der Waals surface area contributed by atoms with Gasteiger partial charge in [-0.3, -0.25) is 9.59 Å². The van der Waals surface area contributed by atoms with E-state index in [1.54, 1.807) is 0 Å². The van der Waals surface area contributed by atoms with Crippen LogP contribution in [0, 0.1) is 0 Å². The topological polar surface area (TPSA) is 180 Å². The summed E-state index contributed by atoms with van der Waals surface area (Å²) < 4.78 is 6.96. The number of hydrogen-bond acceptors (Lipinski definition) is 11. The number of anilines is 2. The van der Waals surface area contributed by atoms with E-state index in [1.807, 2.05) is 82.6 Å². The largest absolute Gasteiger partial charge is 0.506 e. The molecule has 0 spiro atoms. The highest BCUT2D eigenvalue weighted by atomic mass is 79.9. The Morgan fingerprint density at radius 1 is 0.540 bits per heavy atom. The Balaban J connectivity index is 0.991. The fourth-order valence-electron chi connectivity index (χ4n) is 6.66. The molecule has 0 aliphatic rings. The van der Waals surface area contributed by atoms with E-state index < -0.39 is 0 Å². The molecule has 0 atom stereocenters. The minimum absolute atomic E-state index is 0.0432. The second kappa shape index (κ2) is 22.9. The third kappa shape index (κ3) is 12.9. The molecule has 0 bridgehead atoms. The number of phenols is 4. The minimum Gasteiger partial charge on any atom is -0.506 e. The summed E-state index contributed by atoms with van der Waals surface area (Å²) in [6.45, 7) is 2.36. The van der Waals surface area contributed by atoms with Gasteiger partial charge in [0.15, 0.2) is 0 Å². The monoisotopic (exact) mass is 1110 g/mol. The Bertz CT molecular complexity index is 2470. The number of carbonyl (C=O) groups excluding carboxylic acids is 2. The molecule has 6 aromatic rings. The van der Waals surface area contributed by atoms with Crippen molar-refractivity contribution in [1.29, 1.82) is 0 Å². The maximum atomic E-state index is 13.1. The molecule has 0 saturated heterocycles. The first-order valence-corrected chi connectivity index (χ1v) is 23.1. The molecule has 0 fully saturated rings. The molecule has 2 amide bonds. The second-order valence-corrected chi connectivity index (χ2v) is 17.7. The highest BCUT2D eigenvalue weighted by Gasteiger charge is 2.17. The number of benzene rings is 6. The van der Waals surface area contributed by atoms with Gasteiger partial charge in [0.05, 0.1) is 34.5 Å². The van der Waals surface area contributed by atoms with Crippen LogP contribution in [0.25, 0.3) is 21.5 Å². The van der Waals surface area contributed by atoms with Gasteiger partial charge < -0.3 is 35.0 Å². The summed E-state index contributed by atoms with van der Waals surface area (Å²) in [4.78, 5) is 30.2. The van der Waals surface area contributed by atoms with E-state index in [4.69, 9.17) is 4.74 Å². The van der Waals surface area contributed by atoms with Crippen molar-refractivity contribution < 1.29 is 34.8 Å². The van der Waals surface area contributed by atoms with Crippen molar-refractivity contribution >= 4 is 121 Å². The lowest BCUT2D eigenvalue weighted by molar-refractivity contribution is -0.120. The number of unbranched alkanes of at least 4 members (excludes halogenated alkanes) is 2. The van der Waals surface area contributed by atoms with Gasteiger partial charge in [0.2, 0.25) is 0 Å². The number of phenolic OH excluding ortho intramolecular Hbond substituents is 4. The van der Waals surface area contributed by atoms with E-state index in [1.165, 1.54) is 24.6 Å². The van der Waals surface area contributed by atoms with Crippen molar-refractivity contribution in [3.8, 4) is 23.0 Å². The van der Waals surface area contributed by atoms with Gasteiger partial charge in [-0.1, -0.05) is 60.7 Å². The molecule has 0 saturated carbocycles. The normalized spacial score (nSPS) is 11.5. The molecule has 0 heterocycles. The Morgan fingerprint density at radius 2 is 0.937 bits per heavy atom. The first-order valence-electron chi connectivity index (χ1n) is 19.9. The molecule has 63 heavy (non-hydrogen) atoms. The molecule has 17 heteroatoms. The van der Waals surface area contributed by atoms with Gasteiger partial charge in [0, 0.05) is 48.8 Å². The van der Waals surface area contributed by atoms with E-state index in [2.05, 4.69) is 96.9 Å². The van der Waals surface area contributed by atoms with Crippen LogP contribution in [0.5, 0.6) is 23.0 Å². The highest BCUT2D eigenvalue weighted by Crippen LogP contribution is 2.41. The molecule has 6 N–H and O–H groups in total. The van der Waals surface area contributed by atoms with Crippen LogP contribution in [0.4, 0.5) is 11.4 Å². The number of carbonyl (C=O) groups is 2. The van der Waals surface area contributed by atoms with Crippen LogP contribution in [-0.4, -0.2) is 84.1 Å². The second-order valence-electron chi connectivity index (χ2n) is 14.4. The summed E-state index contributed by atoms with van der Waals surface area (Å²) in [5, 5.41) is 53.1. The zero-order chi connectivity index (χ0) is 44.9. The molecular formula is C46H44Br4N6O7. The molecule has 328 valence electrons. The van der Waals surface area contributed by atoms with Crippen molar-refractivity contribution in [3.63, 3.8) is 0 Å². The van der Waals surface area contributed by atoms with E-state index in [0.717, 1.165) is 58.6 Å². The smallest absolute Gasteiger partial charge is 0.259 e. The van der Waals surface area contributed by atoms with Gasteiger partial charge in [-0.2, -0.15) is 10.2 Å². The summed E-state index contributed by atoms with van der Waals surface area (Å²) >= 11 is 12.8. The van der Waals surface area contributed by atoms with Gasteiger partial charge in [0.1, 0.15) is 31.9 Å². The van der Waals surface area contributed by atoms with Crippen molar-refractivity contribution in [2.75, 3.05) is 49.2 Å². The number of fused-ring (bicyclic) bond motifs is 2. The van der Waals surface area contributed by atoms with Crippen LogP contribution >= 0.6 is 63.7 Å². The number of halogens is 4. The standard InChI is InChI=1S/C46H44Br4N6O7/c47-37-23-33(43(59)41(49)45(37)61)25-51-53-39(57)27-55(35-15-13-29-9-1-3-11-31(29)21-35)17-5-7-19-63-20-8-6-18-56(36-16-14-30-10-2-4-12-32(30)22-36)28-40(58)54-52-26-34-24-38(48)46(62)42(50)44(34)60/h1-4,9-16,21-26,59-62H,5-8,17-20,27-28H2,(H,53,57)(H,54,58)/b51-25-,52-26-. The Morgan fingerprint density at radius 3 is 1.35 bits per heavy atom. The van der Waals surface area contributed by atoms with Crippen LogP contribution < -0.4 is 20.7 Å². The van der Waals surface area contributed by atoms with E-state index in [9.17, 15) is 30.0 Å². The van der Waals surface area contributed by atoms with Crippen LogP contribution in [0.2, 0.25) is 0 Å². The van der Waals surface area contributed by atoms with Gasteiger partial charge in [-0.15, -0.1) is 0 Å². The Kier molecular flexibility index (Phi) is 17.2. The summed E-state index contributed by atoms with van der Waals surface area (Å²) in [7, 11) is 0. The molecule has 13 nitrogen and oxygen atoms in total. The number of aromatic hydroxyl groups is 4. The third-order valence-electron chi connectivity index (χ3n) is 9.98. The summed E-state index contributed by atoms with van der Waals surface area (Å²) in [6.07, 6.45) is 5.69. The lowest BCUT2D eigenvalue weighted by atomic mass is 10.1. The number of hydrogen-bond donors (Lipinski definition) is 6. The van der Waals surface area contributed by atoms with Crippen LogP contribution in [-0.2, 0) is 14.3 Å². The first kappa shape index (κ1) is 47.3. The first-order chi connectivity index (χ1) is 30.4. The van der Waals surface area contributed by atoms with Crippen molar-refractivity contribution in [1.82, 2.24) is 10.9 Å². The Hall–Kier alpha value is -5.20. The van der Waals surface area contributed by atoms with Gasteiger partial charge in [0.25, 0.3) is 11.8 Å². The molecule has 6 rings (SSSR count). The van der Waals surface area contributed by atoms with E-state index in [-0.39, 0.29) is 56.8 Å². The summed E-state index contributed by atoms with van der Waals surface area (Å²) in [5.74, 6) is -1.40. The van der Waals surface area contributed by atoms with Gasteiger partial charge >= 0.3 is 0 Å². The van der Waals surface area contributed by atoms with Crippen molar-refractivity contribution in [2.24, 2.45) is 10.2 Å². The zero-order valence-corrected chi connectivity index (χ0v) is 40.1. The van der Waals surface area contributed by atoms with E-state index in [0.29, 0.717) is 46.4 Å². The lowest BCUT2D eigenvalue weighted by Gasteiger charge is -2.24. The van der Waals surface area contributed by atoms with E-state index >= 15 is 0 Å². The third-order valence-corrected chi connectivity index (χ3v) is 12.7. The lowest BCUT2D eigenvalue weighted by Crippen LogP contribution is -2.36. The molecule has 0 aliphatic heterocycles. The van der Waals surface area contributed by atoms with Crippen molar-refractivity contribution in [3.05, 3.63) is 126 Å². The summed E-state index contributed by atoms with van der Waals surface area (Å²) in [5.41, 5.74) is 7.48. The zero-order valence-electron chi connectivity index (χ0n) is 33.8. The molecule has 6 aromatic carbocycles. The fraction of sp³-hybridized carbons (Fsp3) is 0.217. The van der Waals surface area contributed by atoms with Crippen LogP contribution in [0.3, 0.4) is 0 Å². The average molecular weight is 1110 g/mol. The summed E-state index contributed by atoms with van der Waals surface area (Å²) in [6, 6.07) is 31.3. The highest BCUT2D eigenvalue weighted by molar-refractivity contribution is 9.11. The number of rotatable bonds is 20. The quantitative estimate of drug-likeness (QED) is 0.0247. The van der Waals surface area contributed by atoms with Crippen LogP contribution in [0.15, 0.2) is 125 Å². The molecule has 0 radical (unpaired) electrons. The fourth-order valence-corrected chi connectivity index (χ4v) is 8.96. The maximum Gasteiger partial charge on any atom is 0.259 e. The Labute approximate surface area is 398 Å². The average Bonchev–Trinajstić information content (AvgIpc) is 3.29.